The number of hydrogen-bond acceptors (Lipinski definition) is 7. The Balaban J connectivity index is 2.31. The summed E-state index contributed by atoms with van der Waals surface area (Å²) in [6.45, 7) is 1.32. The zero-order valence-corrected chi connectivity index (χ0v) is 12.6. The van der Waals surface area contributed by atoms with Crippen LogP contribution in [-0.2, 0) is 10.5 Å². The summed E-state index contributed by atoms with van der Waals surface area (Å²) in [5, 5.41) is 10.9. The molecule has 0 aliphatic carbocycles. The Kier molecular flexibility index (Phi) is 6.42. The second-order valence-electron chi connectivity index (χ2n) is 3.80. The fourth-order valence-corrected chi connectivity index (χ4v) is 2.83. The number of amidine groups is 1. The van der Waals surface area contributed by atoms with E-state index in [2.05, 4.69) is 9.98 Å². The number of thiazole rings is 1. The van der Waals surface area contributed by atoms with Crippen LogP contribution in [-0.4, -0.2) is 33.4 Å². The van der Waals surface area contributed by atoms with Crippen LogP contribution in [0.3, 0.4) is 0 Å². The smallest absolute Gasteiger partial charge is 0.239 e. The average molecular weight is 315 g/mol. The third-order valence-corrected chi connectivity index (χ3v) is 3.90. The van der Waals surface area contributed by atoms with Gasteiger partial charge in [-0.25, -0.2) is 15.8 Å². The van der Waals surface area contributed by atoms with Gasteiger partial charge < -0.3 is 11.5 Å². The maximum atomic E-state index is 10.9. The molecule has 110 valence electrons. The number of nitrogens with one attached hydrogen (secondary N) is 1. The highest BCUT2D eigenvalue weighted by molar-refractivity contribution is 7.98. The first-order chi connectivity index (χ1) is 9.40. The van der Waals surface area contributed by atoms with Crippen LogP contribution in [0.1, 0.15) is 19.0 Å². The predicted octanol–water partition coefficient (Wildman–Crippen LogP) is 0.371. The molecular formula is C10H17N7OS2. The third kappa shape index (κ3) is 5.55. The van der Waals surface area contributed by atoms with E-state index in [0.717, 1.165) is 10.7 Å². The summed E-state index contributed by atoms with van der Waals surface area (Å²) in [6, 6.07) is 0. The summed E-state index contributed by atoms with van der Waals surface area (Å²) in [6.07, 6.45) is 0.422. The Morgan fingerprint density at radius 2 is 2.30 bits per heavy atom. The molecule has 1 heterocycles. The Hall–Kier alpha value is -1.65. The van der Waals surface area contributed by atoms with E-state index in [-0.39, 0.29) is 17.7 Å². The number of aliphatic imine (C=N–C) groups is 1. The van der Waals surface area contributed by atoms with Crippen LogP contribution >= 0.6 is 23.1 Å². The normalized spacial score (nSPS) is 10.1. The monoisotopic (exact) mass is 315 g/mol. The molecule has 0 saturated carbocycles. The molecule has 20 heavy (non-hydrogen) atoms. The standard InChI is InChI=1S/C10H17N7OS2/c1-6(18)17(14)8(11)2-3-19-4-7-5-20-10(15-7)16-9(12)13/h5,11H,2-4,14H2,1H3,(H4,12,13,15,16). The predicted molar refractivity (Wildman–Crippen MR) is 82.8 cm³/mol. The second kappa shape index (κ2) is 7.82. The number of thioether (sulfide) groups is 1. The van der Waals surface area contributed by atoms with Crippen molar-refractivity contribution < 1.29 is 4.79 Å². The number of carbonyl (C=O) groups excluding carboxylic acids is 1. The average Bonchev–Trinajstić information content (AvgIpc) is 2.80. The lowest BCUT2D eigenvalue weighted by molar-refractivity contribution is -0.125. The van der Waals surface area contributed by atoms with Gasteiger partial charge in [0.25, 0.3) is 0 Å². The fourth-order valence-electron chi connectivity index (χ4n) is 1.18. The van der Waals surface area contributed by atoms with Crippen molar-refractivity contribution in [2.45, 2.75) is 19.1 Å². The van der Waals surface area contributed by atoms with E-state index >= 15 is 0 Å². The van der Waals surface area contributed by atoms with Gasteiger partial charge in [0, 0.05) is 30.2 Å². The molecule has 1 aromatic heterocycles. The number of amides is 1. The highest BCUT2D eigenvalue weighted by atomic mass is 32.2. The maximum absolute atomic E-state index is 10.9. The molecule has 0 saturated heterocycles. The van der Waals surface area contributed by atoms with Gasteiger partial charge in [0.2, 0.25) is 11.0 Å². The van der Waals surface area contributed by atoms with E-state index in [0.29, 0.717) is 23.1 Å². The SMILES string of the molecule is CC(=O)N(N)C(=N)CCSCc1csc(N=C(N)N)n1. The zero-order valence-electron chi connectivity index (χ0n) is 11.0. The summed E-state index contributed by atoms with van der Waals surface area (Å²) in [5.41, 5.74) is 11.4. The van der Waals surface area contributed by atoms with E-state index in [9.17, 15) is 4.79 Å². The molecular weight excluding hydrogens is 298 g/mol. The molecule has 0 atom stereocenters. The first-order valence-corrected chi connectivity index (χ1v) is 7.68. The van der Waals surface area contributed by atoms with Crippen molar-refractivity contribution in [1.29, 1.82) is 5.41 Å². The van der Waals surface area contributed by atoms with E-state index in [1.165, 1.54) is 18.3 Å². The molecule has 0 aliphatic rings. The number of nitrogens with zero attached hydrogens (tertiary/aromatic N) is 3. The Bertz CT molecular complexity index is 509. The first kappa shape index (κ1) is 16.4. The van der Waals surface area contributed by atoms with E-state index in [4.69, 9.17) is 22.7 Å². The Morgan fingerprint density at radius 3 is 2.90 bits per heavy atom. The summed E-state index contributed by atoms with van der Waals surface area (Å²) in [7, 11) is 0. The number of hydrogen-bond donors (Lipinski definition) is 4. The molecule has 0 aromatic carbocycles. The fraction of sp³-hybridized carbons (Fsp3) is 0.400. The molecule has 0 aliphatic heterocycles. The molecule has 0 radical (unpaired) electrons. The van der Waals surface area contributed by atoms with Crippen molar-refractivity contribution in [3.63, 3.8) is 0 Å². The van der Waals surface area contributed by atoms with Crippen molar-refractivity contribution in [3.8, 4) is 0 Å². The second-order valence-corrected chi connectivity index (χ2v) is 5.74. The van der Waals surface area contributed by atoms with Gasteiger partial charge in [-0.15, -0.1) is 11.3 Å². The zero-order chi connectivity index (χ0) is 15.1. The molecule has 0 fully saturated rings. The van der Waals surface area contributed by atoms with E-state index in [1.807, 2.05) is 5.38 Å². The number of guanidine groups is 1. The summed E-state index contributed by atoms with van der Waals surface area (Å²) in [4.78, 5) is 19.0. The number of nitrogens with two attached hydrogens (primary N) is 3. The number of carbonyl (C=O) groups is 1. The third-order valence-electron chi connectivity index (χ3n) is 2.13. The van der Waals surface area contributed by atoms with Gasteiger partial charge in [-0.1, -0.05) is 0 Å². The molecule has 8 nitrogen and oxygen atoms in total. The van der Waals surface area contributed by atoms with E-state index < -0.39 is 0 Å². The molecule has 7 N–H and O–H groups in total. The number of aromatic nitrogens is 1. The van der Waals surface area contributed by atoms with Crippen molar-refractivity contribution in [1.82, 2.24) is 9.99 Å². The summed E-state index contributed by atoms with van der Waals surface area (Å²) in [5.74, 6) is 6.51. The molecule has 10 heteroatoms. The van der Waals surface area contributed by atoms with Crippen molar-refractivity contribution in [3.05, 3.63) is 11.1 Å². The van der Waals surface area contributed by atoms with Gasteiger partial charge >= 0.3 is 0 Å². The van der Waals surface area contributed by atoms with Crippen LogP contribution in [0, 0.1) is 5.41 Å². The Labute approximate surface area is 124 Å². The number of rotatable bonds is 6. The van der Waals surface area contributed by atoms with Crippen LogP contribution in [0.4, 0.5) is 5.13 Å². The topological polar surface area (TPSA) is 147 Å². The largest absolute Gasteiger partial charge is 0.370 e. The lowest BCUT2D eigenvalue weighted by atomic mass is 10.4. The quantitative estimate of drug-likeness (QED) is 0.149. The Morgan fingerprint density at radius 1 is 1.60 bits per heavy atom. The van der Waals surface area contributed by atoms with Crippen LogP contribution < -0.4 is 17.3 Å². The van der Waals surface area contributed by atoms with Crippen LogP contribution in [0.5, 0.6) is 0 Å². The highest BCUT2D eigenvalue weighted by Gasteiger charge is 2.09. The van der Waals surface area contributed by atoms with Gasteiger partial charge in [-0.05, 0) is 0 Å². The molecule has 0 bridgehead atoms. The first-order valence-electron chi connectivity index (χ1n) is 5.64. The lowest BCUT2D eigenvalue weighted by Gasteiger charge is -2.14. The van der Waals surface area contributed by atoms with Gasteiger partial charge in [0.1, 0.15) is 5.84 Å². The van der Waals surface area contributed by atoms with E-state index in [1.54, 1.807) is 11.8 Å². The van der Waals surface area contributed by atoms with Crippen molar-refractivity contribution in [2.75, 3.05) is 5.75 Å². The minimum Gasteiger partial charge on any atom is -0.370 e. The molecule has 1 amide bonds. The van der Waals surface area contributed by atoms with Gasteiger partial charge in [-0.2, -0.15) is 16.8 Å². The van der Waals surface area contributed by atoms with Crippen molar-refractivity contribution in [2.24, 2.45) is 22.3 Å². The van der Waals surface area contributed by atoms with Crippen LogP contribution in [0.25, 0.3) is 0 Å². The highest BCUT2D eigenvalue weighted by Crippen LogP contribution is 2.22. The lowest BCUT2D eigenvalue weighted by Crippen LogP contribution is -2.40. The van der Waals surface area contributed by atoms with Crippen molar-refractivity contribution >= 4 is 45.9 Å². The molecule has 1 rings (SSSR count). The maximum Gasteiger partial charge on any atom is 0.239 e. The number of hydrazine groups is 1. The molecule has 0 spiro atoms. The van der Waals surface area contributed by atoms with Gasteiger partial charge in [-0.3, -0.25) is 10.2 Å². The molecule has 1 aromatic rings. The minimum absolute atomic E-state index is 0.0146. The van der Waals surface area contributed by atoms with Gasteiger partial charge in [0.05, 0.1) is 5.69 Å². The summed E-state index contributed by atoms with van der Waals surface area (Å²) < 4.78 is 0. The van der Waals surface area contributed by atoms with Crippen LogP contribution in [0.2, 0.25) is 0 Å². The van der Waals surface area contributed by atoms with Gasteiger partial charge in [0.15, 0.2) is 5.96 Å². The molecule has 0 unspecified atom stereocenters. The summed E-state index contributed by atoms with van der Waals surface area (Å²) >= 11 is 2.96. The minimum atomic E-state index is -0.346. The van der Waals surface area contributed by atoms with Crippen LogP contribution in [0.15, 0.2) is 10.4 Å².